The van der Waals surface area contributed by atoms with Crippen molar-refractivity contribution in [1.82, 2.24) is 15.2 Å². The first-order valence-electron chi connectivity index (χ1n) is 6.00. The molecule has 6 heteroatoms. The molecule has 1 amide bonds. The van der Waals surface area contributed by atoms with Crippen molar-refractivity contribution in [2.24, 2.45) is 5.73 Å². The molecule has 1 aromatic carbocycles. The van der Waals surface area contributed by atoms with Gasteiger partial charge in [0.2, 0.25) is 11.9 Å². The summed E-state index contributed by atoms with van der Waals surface area (Å²) in [7, 11) is 0. The number of aryl methyl sites for hydroxylation is 1. The molecular formula is C13H15N5O. The van der Waals surface area contributed by atoms with Crippen LogP contribution in [0.1, 0.15) is 12.0 Å². The van der Waals surface area contributed by atoms with Gasteiger partial charge in [-0.25, -0.2) is 4.98 Å². The first-order valence-corrected chi connectivity index (χ1v) is 6.00. The number of rotatable bonds is 5. The van der Waals surface area contributed by atoms with Gasteiger partial charge in [0, 0.05) is 0 Å². The Morgan fingerprint density at radius 3 is 2.74 bits per heavy atom. The van der Waals surface area contributed by atoms with Gasteiger partial charge in [-0.3, -0.25) is 10.1 Å². The predicted molar refractivity (Wildman–Crippen MR) is 71.2 cm³/mol. The lowest BCUT2D eigenvalue weighted by atomic mass is 10.1. The van der Waals surface area contributed by atoms with Gasteiger partial charge in [-0.2, -0.15) is 5.10 Å². The number of hydrogen-bond donors (Lipinski definition) is 2. The molecule has 0 unspecified atom stereocenters. The zero-order valence-corrected chi connectivity index (χ0v) is 10.4. The smallest absolute Gasteiger partial charge is 0.249 e. The van der Waals surface area contributed by atoms with Gasteiger partial charge in [0.15, 0.2) is 0 Å². The minimum Gasteiger partial charge on any atom is -0.320 e. The molecule has 6 nitrogen and oxygen atoms in total. The molecule has 98 valence electrons. The number of hydrogen-bond acceptors (Lipinski definition) is 5. The van der Waals surface area contributed by atoms with E-state index in [-0.39, 0.29) is 11.9 Å². The number of carbonyl (C=O) groups excluding carboxylic acids is 1. The maximum atomic E-state index is 11.8. The fourth-order valence-corrected chi connectivity index (χ4v) is 1.61. The zero-order chi connectivity index (χ0) is 13.5. The SMILES string of the molecule is N[C@@H](CCc1ccccc1)C(=O)Nc1nccnn1. The number of nitrogens with two attached hydrogens (primary N) is 1. The second-order valence-electron chi connectivity index (χ2n) is 4.09. The first kappa shape index (κ1) is 13.1. The zero-order valence-electron chi connectivity index (χ0n) is 10.4. The van der Waals surface area contributed by atoms with E-state index in [4.69, 9.17) is 5.73 Å². The summed E-state index contributed by atoms with van der Waals surface area (Å²) < 4.78 is 0. The summed E-state index contributed by atoms with van der Waals surface area (Å²) in [5.74, 6) is -0.133. The van der Waals surface area contributed by atoms with E-state index in [9.17, 15) is 4.79 Å². The van der Waals surface area contributed by atoms with E-state index in [0.717, 1.165) is 12.0 Å². The van der Waals surface area contributed by atoms with E-state index < -0.39 is 6.04 Å². The van der Waals surface area contributed by atoms with Gasteiger partial charge in [-0.1, -0.05) is 30.3 Å². The number of aromatic nitrogens is 3. The largest absolute Gasteiger partial charge is 0.320 e. The topological polar surface area (TPSA) is 93.8 Å². The van der Waals surface area contributed by atoms with Gasteiger partial charge in [0.25, 0.3) is 0 Å². The van der Waals surface area contributed by atoms with Crippen molar-refractivity contribution in [1.29, 1.82) is 0 Å². The van der Waals surface area contributed by atoms with E-state index >= 15 is 0 Å². The Bertz CT molecular complexity index is 517. The Hall–Kier alpha value is -2.34. The summed E-state index contributed by atoms with van der Waals surface area (Å²) >= 11 is 0. The summed E-state index contributed by atoms with van der Waals surface area (Å²) in [5, 5.41) is 9.82. The molecule has 0 aliphatic carbocycles. The second-order valence-corrected chi connectivity index (χ2v) is 4.09. The second kappa shape index (κ2) is 6.55. The van der Waals surface area contributed by atoms with Crippen LogP contribution < -0.4 is 11.1 Å². The van der Waals surface area contributed by atoms with Crippen molar-refractivity contribution in [3.8, 4) is 0 Å². The van der Waals surface area contributed by atoms with Crippen LogP contribution in [0, 0.1) is 0 Å². The number of nitrogens with zero attached hydrogens (tertiary/aromatic N) is 3. The lowest BCUT2D eigenvalue weighted by Crippen LogP contribution is -2.36. The molecule has 19 heavy (non-hydrogen) atoms. The molecule has 3 N–H and O–H groups in total. The van der Waals surface area contributed by atoms with Crippen molar-refractivity contribution in [2.45, 2.75) is 18.9 Å². The van der Waals surface area contributed by atoms with Crippen LogP contribution in [0.3, 0.4) is 0 Å². The van der Waals surface area contributed by atoms with Gasteiger partial charge in [-0.05, 0) is 18.4 Å². The van der Waals surface area contributed by atoms with Gasteiger partial charge in [0.1, 0.15) is 0 Å². The molecule has 0 fully saturated rings. The lowest BCUT2D eigenvalue weighted by molar-refractivity contribution is -0.117. The van der Waals surface area contributed by atoms with Gasteiger partial charge in [-0.15, -0.1) is 5.10 Å². The minimum atomic E-state index is -0.594. The molecule has 0 aliphatic rings. The van der Waals surface area contributed by atoms with E-state index in [1.165, 1.54) is 12.4 Å². The number of nitrogens with one attached hydrogen (secondary N) is 1. The Labute approximate surface area is 111 Å². The first-order chi connectivity index (χ1) is 9.25. The van der Waals surface area contributed by atoms with Crippen LogP contribution in [0.4, 0.5) is 5.95 Å². The van der Waals surface area contributed by atoms with Gasteiger partial charge in [0.05, 0.1) is 18.4 Å². The summed E-state index contributed by atoms with van der Waals surface area (Å²) in [5.41, 5.74) is 6.98. The molecule has 0 saturated carbocycles. The Morgan fingerprint density at radius 2 is 2.05 bits per heavy atom. The van der Waals surface area contributed by atoms with E-state index in [1.54, 1.807) is 0 Å². The third-order valence-corrected chi connectivity index (χ3v) is 2.64. The highest BCUT2D eigenvalue weighted by Crippen LogP contribution is 2.05. The molecular weight excluding hydrogens is 242 g/mol. The van der Waals surface area contributed by atoms with E-state index in [0.29, 0.717) is 6.42 Å². The average molecular weight is 257 g/mol. The van der Waals surface area contributed by atoms with Crippen LogP contribution >= 0.6 is 0 Å². The third kappa shape index (κ3) is 4.11. The minimum absolute atomic E-state index is 0.169. The molecule has 0 saturated heterocycles. The molecule has 0 bridgehead atoms. The molecule has 0 radical (unpaired) electrons. The highest BCUT2D eigenvalue weighted by atomic mass is 16.2. The highest BCUT2D eigenvalue weighted by Gasteiger charge is 2.14. The normalized spacial score (nSPS) is 11.8. The van der Waals surface area contributed by atoms with E-state index in [1.807, 2.05) is 30.3 Å². The maximum absolute atomic E-state index is 11.8. The summed E-state index contributed by atoms with van der Waals surface area (Å²) in [6.07, 6.45) is 4.21. The molecule has 2 aromatic rings. The molecule has 1 heterocycles. The summed E-state index contributed by atoms with van der Waals surface area (Å²) in [4.78, 5) is 15.6. The Kier molecular flexibility index (Phi) is 4.52. The van der Waals surface area contributed by atoms with Crippen molar-refractivity contribution in [3.05, 3.63) is 48.3 Å². The van der Waals surface area contributed by atoms with Gasteiger partial charge >= 0.3 is 0 Å². The van der Waals surface area contributed by atoms with Crippen LogP contribution in [-0.2, 0) is 11.2 Å². The number of carbonyl (C=O) groups is 1. The molecule has 0 aliphatic heterocycles. The standard InChI is InChI=1S/C13H15N5O/c14-11(7-6-10-4-2-1-3-5-10)12(19)17-13-15-8-9-16-18-13/h1-5,8-9,11H,6-7,14H2,(H,15,17,18,19)/t11-/m0/s1. The van der Waals surface area contributed by atoms with Crippen molar-refractivity contribution < 1.29 is 4.79 Å². The Morgan fingerprint density at radius 1 is 1.26 bits per heavy atom. The molecule has 1 aromatic heterocycles. The summed E-state index contributed by atoms with van der Waals surface area (Å²) in [6, 6.07) is 9.30. The number of amides is 1. The summed E-state index contributed by atoms with van der Waals surface area (Å²) in [6.45, 7) is 0. The van der Waals surface area contributed by atoms with Crippen molar-refractivity contribution in [3.63, 3.8) is 0 Å². The number of anilines is 1. The Balaban J connectivity index is 1.83. The molecule has 2 rings (SSSR count). The fourth-order valence-electron chi connectivity index (χ4n) is 1.61. The monoisotopic (exact) mass is 257 g/mol. The lowest BCUT2D eigenvalue weighted by Gasteiger charge is -2.10. The average Bonchev–Trinajstić information content (AvgIpc) is 2.47. The fraction of sp³-hybridized carbons (Fsp3) is 0.231. The van der Waals surface area contributed by atoms with Crippen molar-refractivity contribution >= 4 is 11.9 Å². The predicted octanol–water partition coefficient (Wildman–Crippen LogP) is 0.770. The van der Waals surface area contributed by atoms with Gasteiger partial charge < -0.3 is 5.73 Å². The highest BCUT2D eigenvalue weighted by molar-refractivity contribution is 5.93. The maximum Gasteiger partial charge on any atom is 0.249 e. The molecule has 1 atom stereocenters. The third-order valence-electron chi connectivity index (χ3n) is 2.64. The van der Waals surface area contributed by atoms with Crippen LogP contribution in [-0.4, -0.2) is 27.1 Å². The number of benzene rings is 1. The van der Waals surface area contributed by atoms with Crippen LogP contribution in [0.25, 0.3) is 0 Å². The quantitative estimate of drug-likeness (QED) is 0.825. The van der Waals surface area contributed by atoms with E-state index in [2.05, 4.69) is 20.5 Å². The van der Waals surface area contributed by atoms with Crippen LogP contribution in [0.15, 0.2) is 42.7 Å². The van der Waals surface area contributed by atoms with Crippen LogP contribution in [0.5, 0.6) is 0 Å². The van der Waals surface area contributed by atoms with Crippen LogP contribution in [0.2, 0.25) is 0 Å². The molecule has 0 spiro atoms. The van der Waals surface area contributed by atoms with Crippen molar-refractivity contribution in [2.75, 3.05) is 5.32 Å².